The summed E-state index contributed by atoms with van der Waals surface area (Å²) in [6.45, 7) is 1.41. The van der Waals surface area contributed by atoms with Crippen molar-refractivity contribution in [2.75, 3.05) is 19.6 Å². The van der Waals surface area contributed by atoms with Crippen LogP contribution in [0.3, 0.4) is 0 Å². The van der Waals surface area contributed by atoms with E-state index in [4.69, 9.17) is 0 Å². The molecule has 11 heteroatoms. The second-order valence-electron chi connectivity index (χ2n) is 8.36. The summed E-state index contributed by atoms with van der Waals surface area (Å²) in [7, 11) is -7.73. The zero-order chi connectivity index (χ0) is 24.8. The van der Waals surface area contributed by atoms with E-state index in [1.807, 2.05) is 6.92 Å². The summed E-state index contributed by atoms with van der Waals surface area (Å²) in [6, 6.07) is 10.6. The zero-order valence-corrected chi connectivity index (χ0v) is 20.7. The number of hydrogen-bond acceptors (Lipinski definition) is 5. The molecular weight excluding hydrogens is 481 g/mol. The van der Waals surface area contributed by atoms with Gasteiger partial charge in [0.1, 0.15) is 5.82 Å². The summed E-state index contributed by atoms with van der Waals surface area (Å²) in [5.41, 5.74) is 0.935. The van der Waals surface area contributed by atoms with Crippen LogP contribution < -0.4 is 10.0 Å². The van der Waals surface area contributed by atoms with Crippen LogP contribution in [0, 0.1) is 12.7 Å². The van der Waals surface area contributed by atoms with Crippen molar-refractivity contribution in [1.29, 1.82) is 0 Å². The van der Waals surface area contributed by atoms with Gasteiger partial charge in [-0.05, 0) is 56.2 Å². The average molecular weight is 512 g/mol. The molecule has 2 N–H and O–H groups in total. The van der Waals surface area contributed by atoms with Crippen molar-refractivity contribution < 1.29 is 26.0 Å². The number of halogens is 1. The number of carbonyl (C=O) groups excluding carboxylic acids is 1. The van der Waals surface area contributed by atoms with Crippen molar-refractivity contribution in [3.63, 3.8) is 0 Å². The molecule has 186 valence electrons. The van der Waals surface area contributed by atoms with Gasteiger partial charge < -0.3 is 5.32 Å². The van der Waals surface area contributed by atoms with Gasteiger partial charge in [0.15, 0.2) is 0 Å². The lowest BCUT2D eigenvalue weighted by atomic mass is 9.95. The molecule has 1 aliphatic carbocycles. The Bertz CT molecular complexity index is 1180. The minimum Gasteiger partial charge on any atom is -0.354 e. The van der Waals surface area contributed by atoms with Crippen molar-refractivity contribution in [2.45, 2.75) is 54.9 Å². The molecule has 0 spiro atoms. The molecule has 0 aliphatic heterocycles. The maximum Gasteiger partial charge on any atom is 0.243 e. The predicted octanol–water partition coefficient (Wildman–Crippen LogP) is 2.55. The SMILES string of the molecule is Cc1ccc(S(=O)(=O)NCCNC(=O)CN(C2CCCCC2)S(=O)(=O)c2ccc(F)cc2)cc1. The highest BCUT2D eigenvalue weighted by Crippen LogP contribution is 2.27. The molecule has 1 aliphatic rings. The minimum atomic E-state index is -4.01. The quantitative estimate of drug-likeness (QED) is 0.476. The third-order valence-electron chi connectivity index (χ3n) is 5.77. The zero-order valence-electron chi connectivity index (χ0n) is 19.0. The van der Waals surface area contributed by atoms with Crippen molar-refractivity contribution in [2.24, 2.45) is 0 Å². The average Bonchev–Trinajstić information content (AvgIpc) is 2.81. The normalized spacial score (nSPS) is 15.4. The van der Waals surface area contributed by atoms with E-state index in [2.05, 4.69) is 10.0 Å². The standard InChI is InChI=1S/C23H30FN3O5S2/c1-18-7-11-21(12-8-18)33(29,30)26-16-15-25-23(28)17-27(20-5-3-2-4-6-20)34(31,32)22-13-9-19(24)10-14-22/h7-14,20,26H,2-6,15-17H2,1H3,(H,25,28). The number of benzene rings is 2. The molecule has 0 aromatic heterocycles. The molecule has 1 saturated carbocycles. The van der Waals surface area contributed by atoms with Crippen LogP contribution >= 0.6 is 0 Å². The van der Waals surface area contributed by atoms with Crippen LogP contribution in [-0.4, -0.2) is 52.7 Å². The Labute approximate surface area is 200 Å². The van der Waals surface area contributed by atoms with E-state index >= 15 is 0 Å². The Hall–Kier alpha value is -2.34. The van der Waals surface area contributed by atoms with E-state index in [1.54, 1.807) is 12.1 Å². The van der Waals surface area contributed by atoms with Crippen LogP contribution in [0.1, 0.15) is 37.7 Å². The Kier molecular flexibility index (Phi) is 8.80. The van der Waals surface area contributed by atoms with E-state index in [-0.39, 0.29) is 28.9 Å². The monoisotopic (exact) mass is 511 g/mol. The first-order valence-electron chi connectivity index (χ1n) is 11.2. The van der Waals surface area contributed by atoms with Crippen LogP contribution in [0.5, 0.6) is 0 Å². The first-order valence-corrected chi connectivity index (χ1v) is 14.1. The molecule has 0 unspecified atom stereocenters. The Morgan fingerprint density at radius 1 is 0.912 bits per heavy atom. The number of nitrogens with zero attached hydrogens (tertiary/aromatic N) is 1. The number of hydrogen-bond donors (Lipinski definition) is 2. The summed E-state index contributed by atoms with van der Waals surface area (Å²) in [4.78, 5) is 12.7. The van der Waals surface area contributed by atoms with Crippen molar-refractivity contribution in [3.8, 4) is 0 Å². The van der Waals surface area contributed by atoms with Gasteiger partial charge in [0, 0.05) is 19.1 Å². The van der Waals surface area contributed by atoms with Crippen LogP contribution in [0.2, 0.25) is 0 Å². The van der Waals surface area contributed by atoms with Gasteiger partial charge in [-0.15, -0.1) is 0 Å². The molecule has 0 bridgehead atoms. The summed E-state index contributed by atoms with van der Waals surface area (Å²) < 4.78 is 68.1. The maximum absolute atomic E-state index is 13.3. The van der Waals surface area contributed by atoms with E-state index < -0.39 is 38.3 Å². The van der Waals surface area contributed by atoms with Crippen molar-refractivity contribution in [1.82, 2.24) is 14.3 Å². The number of aryl methyl sites for hydroxylation is 1. The van der Waals surface area contributed by atoms with Gasteiger partial charge in [-0.25, -0.2) is 25.9 Å². The molecule has 0 heterocycles. The third kappa shape index (κ3) is 6.84. The van der Waals surface area contributed by atoms with Crippen LogP contribution in [-0.2, 0) is 24.8 Å². The highest BCUT2D eigenvalue weighted by atomic mass is 32.2. The van der Waals surface area contributed by atoms with E-state index in [0.717, 1.165) is 37.0 Å². The maximum atomic E-state index is 13.3. The van der Waals surface area contributed by atoms with Gasteiger partial charge in [-0.1, -0.05) is 37.0 Å². The molecule has 34 heavy (non-hydrogen) atoms. The predicted molar refractivity (Wildman–Crippen MR) is 127 cm³/mol. The summed E-state index contributed by atoms with van der Waals surface area (Å²) in [6.07, 6.45) is 4.02. The first kappa shape index (κ1) is 26.3. The smallest absolute Gasteiger partial charge is 0.243 e. The van der Waals surface area contributed by atoms with Crippen LogP contribution in [0.4, 0.5) is 4.39 Å². The summed E-state index contributed by atoms with van der Waals surface area (Å²) >= 11 is 0. The molecule has 2 aromatic rings. The van der Waals surface area contributed by atoms with Gasteiger partial charge in [0.25, 0.3) is 0 Å². The second kappa shape index (κ2) is 11.4. The number of carbonyl (C=O) groups is 1. The molecule has 1 amide bonds. The van der Waals surface area contributed by atoms with Gasteiger partial charge in [-0.2, -0.15) is 4.31 Å². The molecule has 0 saturated heterocycles. The van der Waals surface area contributed by atoms with E-state index in [0.29, 0.717) is 12.8 Å². The molecule has 8 nitrogen and oxygen atoms in total. The lowest BCUT2D eigenvalue weighted by Gasteiger charge is -2.33. The number of amides is 1. The van der Waals surface area contributed by atoms with E-state index in [1.165, 1.54) is 28.6 Å². The topological polar surface area (TPSA) is 113 Å². The highest BCUT2D eigenvalue weighted by Gasteiger charge is 2.34. The van der Waals surface area contributed by atoms with E-state index in [9.17, 15) is 26.0 Å². The fraction of sp³-hybridized carbons (Fsp3) is 0.435. The minimum absolute atomic E-state index is 0.000965. The Balaban J connectivity index is 1.61. The molecule has 3 rings (SSSR count). The summed E-state index contributed by atoms with van der Waals surface area (Å²) in [5, 5.41) is 2.59. The Morgan fingerprint density at radius 3 is 2.12 bits per heavy atom. The fourth-order valence-electron chi connectivity index (χ4n) is 3.91. The third-order valence-corrected chi connectivity index (χ3v) is 9.16. The number of sulfonamides is 2. The van der Waals surface area contributed by atoms with Gasteiger partial charge >= 0.3 is 0 Å². The fourth-order valence-corrected chi connectivity index (χ4v) is 6.58. The second-order valence-corrected chi connectivity index (χ2v) is 12.0. The molecule has 0 radical (unpaired) electrons. The van der Waals surface area contributed by atoms with Crippen LogP contribution in [0.25, 0.3) is 0 Å². The Morgan fingerprint density at radius 2 is 1.50 bits per heavy atom. The highest BCUT2D eigenvalue weighted by molar-refractivity contribution is 7.89. The molecular formula is C23H30FN3O5S2. The van der Waals surface area contributed by atoms with Gasteiger partial charge in [0.05, 0.1) is 16.3 Å². The first-order chi connectivity index (χ1) is 16.1. The lowest BCUT2D eigenvalue weighted by Crippen LogP contribution is -2.47. The van der Waals surface area contributed by atoms with Crippen molar-refractivity contribution >= 4 is 26.0 Å². The molecule has 0 atom stereocenters. The molecule has 1 fully saturated rings. The van der Waals surface area contributed by atoms with Gasteiger partial charge in [0.2, 0.25) is 26.0 Å². The number of nitrogens with one attached hydrogen (secondary N) is 2. The number of rotatable bonds is 10. The van der Waals surface area contributed by atoms with Crippen LogP contribution in [0.15, 0.2) is 58.3 Å². The lowest BCUT2D eigenvalue weighted by molar-refractivity contribution is -0.121. The summed E-state index contributed by atoms with van der Waals surface area (Å²) in [5.74, 6) is -1.08. The largest absolute Gasteiger partial charge is 0.354 e. The van der Waals surface area contributed by atoms with Crippen molar-refractivity contribution in [3.05, 3.63) is 59.9 Å². The molecule has 2 aromatic carbocycles. The van der Waals surface area contributed by atoms with Gasteiger partial charge in [-0.3, -0.25) is 4.79 Å².